The molecule has 0 N–H and O–H groups in total. The van der Waals surface area contributed by atoms with E-state index >= 15 is 0 Å². The second-order valence-corrected chi connectivity index (χ2v) is 7.26. The van der Waals surface area contributed by atoms with E-state index < -0.39 is 0 Å². The fourth-order valence-corrected chi connectivity index (χ4v) is 3.34. The third kappa shape index (κ3) is 3.26. The van der Waals surface area contributed by atoms with Crippen LogP contribution in [0.5, 0.6) is 5.75 Å². The number of benzene rings is 1. The molecule has 0 bridgehead atoms. The Morgan fingerprint density at radius 1 is 1.37 bits per heavy atom. The summed E-state index contributed by atoms with van der Waals surface area (Å²) < 4.78 is 13.2. The van der Waals surface area contributed by atoms with Crippen molar-refractivity contribution in [2.75, 3.05) is 0 Å². The Morgan fingerprint density at radius 3 is 2.58 bits per heavy atom. The second kappa shape index (κ2) is 5.27. The molecule has 1 unspecified atom stereocenters. The van der Waals surface area contributed by atoms with E-state index in [1.807, 2.05) is 18.2 Å². The van der Waals surface area contributed by atoms with Crippen LogP contribution < -0.4 is 4.74 Å². The van der Waals surface area contributed by atoms with E-state index in [4.69, 9.17) is 21.1 Å². The van der Waals surface area contributed by atoms with Gasteiger partial charge in [-0.1, -0.05) is 12.1 Å². The fraction of sp³-hybridized carbons (Fsp3) is 0.600. The molecule has 1 aliphatic rings. The van der Waals surface area contributed by atoms with E-state index in [0.717, 1.165) is 22.2 Å². The molecule has 2 nitrogen and oxygen atoms in total. The minimum atomic E-state index is -0.303. The number of ether oxygens (including phenoxy) is 2. The van der Waals surface area contributed by atoms with Crippen LogP contribution in [0.3, 0.4) is 0 Å². The first-order valence-corrected chi connectivity index (χ1v) is 7.78. The molecule has 0 spiro atoms. The zero-order valence-electron chi connectivity index (χ0n) is 11.8. The number of halogens is 2. The molecule has 0 radical (unpaired) electrons. The molecule has 1 saturated heterocycles. The van der Waals surface area contributed by atoms with Gasteiger partial charge in [0.2, 0.25) is 0 Å². The summed E-state index contributed by atoms with van der Waals surface area (Å²) in [5.74, 6) is 1.27. The average molecular weight is 348 g/mol. The van der Waals surface area contributed by atoms with Gasteiger partial charge in [0.15, 0.2) is 0 Å². The minimum Gasteiger partial charge on any atom is -0.486 e. The van der Waals surface area contributed by atoms with Crippen LogP contribution in [0.4, 0.5) is 0 Å². The summed E-state index contributed by atoms with van der Waals surface area (Å²) >= 11 is 9.52. The van der Waals surface area contributed by atoms with Crippen molar-refractivity contribution in [3.8, 4) is 5.75 Å². The molecule has 0 aromatic heterocycles. The zero-order valence-corrected chi connectivity index (χ0v) is 14.1. The van der Waals surface area contributed by atoms with Crippen molar-refractivity contribution in [2.45, 2.75) is 57.3 Å². The first-order chi connectivity index (χ1) is 8.75. The summed E-state index contributed by atoms with van der Waals surface area (Å²) in [5.41, 5.74) is 0.537. The van der Waals surface area contributed by atoms with Crippen molar-refractivity contribution in [1.82, 2.24) is 0 Å². The van der Waals surface area contributed by atoms with Gasteiger partial charge in [-0.3, -0.25) is 0 Å². The van der Waals surface area contributed by atoms with E-state index in [9.17, 15) is 0 Å². The van der Waals surface area contributed by atoms with Crippen molar-refractivity contribution in [3.05, 3.63) is 28.2 Å². The SMILES string of the molecule is CC1(C)CC(Oc2c(Br)cccc2CCl)C(C)(C)O1. The summed E-state index contributed by atoms with van der Waals surface area (Å²) in [7, 11) is 0. The smallest absolute Gasteiger partial charge is 0.138 e. The van der Waals surface area contributed by atoms with Crippen LogP contribution in [0.25, 0.3) is 0 Å². The van der Waals surface area contributed by atoms with Crippen molar-refractivity contribution in [2.24, 2.45) is 0 Å². The maximum absolute atomic E-state index is 6.22. The maximum atomic E-state index is 6.22. The number of para-hydroxylation sites is 1. The topological polar surface area (TPSA) is 18.5 Å². The predicted octanol–water partition coefficient (Wildman–Crippen LogP) is 4.91. The Hall–Kier alpha value is -0.250. The van der Waals surface area contributed by atoms with Gasteiger partial charge >= 0.3 is 0 Å². The van der Waals surface area contributed by atoms with Gasteiger partial charge in [-0.15, -0.1) is 11.6 Å². The molecule has 1 heterocycles. The molecule has 0 saturated carbocycles. The number of hydrogen-bond acceptors (Lipinski definition) is 2. The molecule has 0 aliphatic carbocycles. The minimum absolute atomic E-state index is 0.0168. The highest BCUT2D eigenvalue weighted by Gasteiger charge is 2.47. The van der Waals surface area contributed by atoms with Crippen molar-refractivity contribution in [3.63, 3.8) is 0 Å². The lowest BCUT2D eigenvalue weighted by Crippen LogP contribution is -2.37. The predicted molar refractivity (Wildman–Crippen MR) is 82.0 cm³/mol. The molecule has 1 fully saturated rings. The summed E-state index contributed by atoms with van der Waals surface area (Å²) in [4.78, 5) is 0. The normalized spacial score (nSPS) is 24.4. The summed E-state index contributed by atoms with van der Waals surface area (Å²) in [6.45, 7) is 8.34. The highest BCUT2D eigenvalue weighted by Crippen LogP contribution is 2.41. The number of rotatable bonds is 3. The molecule has 1 atom stereocenters. The van der Waals surface area contributed by atoms with Crippen LogP contribution in [0.2, 0.25) is 0 Å². The number of hydrogen-bond donors (Lipinski definition) is 0. The van der Waals surface area contributed by atoms with Crippen LogP contribution in [0.15, 0.2) is 22.7 Å². The molecule has 4 heteroatoms. The lowest BCUT2D eigenvalue weighted by molar-refractivity contribution is -0.0847. The zero-order chi connectivity index (χ0) is 14.3. The van der Waals surface area contributed by atoms with E-state index in [2.05, 4.69) is 43.6 Å². The molecular weight excluding hydrogens is 328 g/mol. The first kappa shape index (κ1) is 15.1. The van der Waals surface area contributed by atoms with Gasteiger partial charge < -0.3 is 9.47 Å². The third-order valence-corrected chi connectivity index (χ3v) is 4.36. The Kier molecular flexibility index (Phi) is 4.20. The lowest BCUT2D eigenvalue weighted by Gasteiger charge is -2.28. The van der Waals surface area contributed by atoms with E-state index in [1.165, 1.54) is 0 Å². The molecule has 1 aromatic rings. The van der Waals surface area contributed by atoms with Crippen LogP contribution in [0, 0.1) is 0 Å². The van der Waals surface area contributed by atoms with Crippen LogP contribution in [0.1, 0.15) is 39.7 Å². The van der Waals surface area contributed by atoms with Gasteiger partial charge in [0, 0.05) is 12.0 Å². The summed E-state index contributed by atoms with van der Waals surface area (Å²) in [6.07, 6.45) is 0.881. The largest absolute Gasteiger partial charge is 0.486 e. The van der Waals surface area contributed by atoms with Gasteiger partial charge in [-0.05, 0) is 49.7 Å². The van der Waals surface area contributed by atoms with Crippen molar-refractivity contribution < 1.29 is 9.47 Å². The first-order valence-electron chi connectivity index (χ1n) is 6.45. The molecule has 106 valence electrons. The molecular formula is C15H20BrClO2. The number of alkyl halides is 1. The van der Waals surface area contributed by atoms with Gasteiger partial charge in [-0.25, -0.2) is 0 Å². The van der Waals surface area contributed by atoms with Crippen LogP contribution in [-0.2, 0) is 10.6 Å². The van der Waals surface area contributed by atoms with E-state index in [-0.39, 0.29) is 17.3 Å². The Balaban J connectivity index is 2.27. The fourth-order valence-electron chi connectivity index (χ4n) is 2.63. The maximum Gasteiger partial charge on any atom is 0.138 e. The monoisotopic (exact) mass is 346 g/mol. The Labute approximate surface area is 128 Å². The molecule has 2 rings (SSSR count). The quantitative estimate of drug-likeness (QED) is 0.723. The third-order valence-electron chi connectivity index (χ3n) is 3.44. The van der Waals surface area contributed by atoms with Gasteiger partial charge in [0.05, 0.1) is 16.0 Å². The van der Waals surface area contributed by atoms with Crippen LogP contribution in [-0.4, -0.2) is 17.3 Å². The van der Waals surface area contributed by atoms with E-state index in [1.54, 1.807) is 0 Å². The van der Waals surface area contributed by atoms with Gasteiger partial charge in [0.25, 0.3) is 0 Å². The van der Waals surface area contributed by atoms with Gasteiger partial charge in [-0.2, -0.15) is 0 Å². The highest BCUT2D eigenvalue weighted by atomic mass is 79.9. The lowest BCUT2D eigenvalue weighted by atomic mass is 9.97. The molecule has 1 aromatic carbocycles. The average Bonchev–Trinajstić information content (AvgIpc) is 2.49. The van der Waals surface area contributed by atoms with E-state index in [0.29, 0.717) is 5.88 Å². The molecule has 0 amide bonds. The van der Waals surface area contributed by atoms with Crippen LogP contribution >= 0.6 is 27.5 Å². The second-order valence-electron chi connectivity index (χ2n) is 6.14. The Bertz CT molecular complexity index is 471. The highest BCUT2D eigenvalue weighted by molar-refractivity contribution is 9.10. The standard InChI is InChI=1S/C15H20BrClO2/c1-14(2)8-12(15(3,4)19-14)18-13-10(9-17)6-5-7-11(13)16/h5-7,12H,8-9H2,1-4H3. The molecule has 1 aliphatic heterocycles. The molecule has 19 heavy (non-hydrogen) atoms. The summed E-state index contributed by atoms with van der Waals surface area (Å²) in [5, 5.41) is 0. The van der Waals surface area contributed by atoms with Crippen molar-refractivity contribution in [1.29, 1.82) is 0 Å². The van der Waals surface area contributed by atoms with Gasteiger partial charge in [0.1, 0.15) is 17.5 Å². The Morgan fingerprint density at radius 2 is 2.05 bits per heavy atom. The van der Waals surface area contributed by atoms with Crippen molar-refractivity contribution >= 4 is 27.5 Å². The summed E-state index contributed by atoms with van der Waals surface area (Å²) in [6, 6.07) is 5.93.